The second-order valence-electron chi connectivity index (χ2n) is 9.81. The largest absolute Gasteiger partial charge is 0.309 e. The standard InChI is InChI=1S/C27H30F2N6/c1-5-27(3)16(2)32-25-20(27)12-19(13-21(25)28)24-22(29)15-31-26(34-24)33-23-7-6-18(14-30-23)17-8-10-35(4)11-9-17/h6-7,12-15,17H,5,8-11H2,1-4H3,(H,30,31,33,34). The predicted molar refractivity (Wildman–Crippen MR) is 135 cm³/mol. The van der Waals surface area contributed by atoms with Gasteiger partial charge in [-0.15, -0.1) is 0 Å². The van der Waals surface area contributed by atoms with Crippen LogP contribution in [0.4, 0.5) is 26.2 Å². The molecule has 8 heteroatoms. The van der Waals surface area contributed by atoms with Crippen LogP contribution in [-0.2, 0) is 5.41 Å². The van der Waals surface area contributed by atoms with Gasteiger partial charge in [0.2, 0.25) is 5.95 Å². The first-order valence-electron chi connectivity index (χ1n) is 12.1. The Balaban J connectivity index is 1.40. The predicted octanol–water partition coefficient (Wildman–Crippen LogP) is 6.14. The molecule has 1 aromatic carbocycles. The lowest BCUT2D eigenvalue weighted by Gasteiger charge is -2.29. The third kappa shape index (κ3) is 4.31. The van der Waals surface area contributed by atoms with E-state index in [2.05, 4.69) is 43.3 Å². The summed E-state index contributed by atoms with van der Waals surface area (Å²) in [7, 11) is 2.15. The molecule has 4 heterocycles. The van der Waals surface area contributed by atoms with Crippen molar-refractivity contribution in [2.75, 3.05) is 25.5 Å². The van der Waals surface area contributed by atoms with Gasteiger partial charge in [-0.05, 0) is 81.6 Å². The van der Waals surface area contributed by atoms with Crippen LogP contribution < -0.4 is 5.32 Å². The molecule has 1 fully saturated rings. The van der Waals surface area contributed by atoms with E-state index in [4.69, 9.17) is 0 Å². The third-order valence-corrected chi connectivity index (χ3v) is 7.68. The lowest BCUT2D eigenvalue weighted by molar-refractivity contribution is 0.255. The van der Waals surface area contributed by atoms with Crippen LogP contribution in [0.3, 0.4) is 0 Å². The Bertz CT molecular complexity index is 1280. The smallest absolute Gasteiger partial charge is 0.229 e. The summed E-state index contributed by atoms with van der Waals surface area (Å²) in [5, 5.41) is 3.06. The molecule has 35 heavy (non-hydrogen) atoms. The highest BCUT2D eigenvalue weighted by Gasteiger charge is 2.37. The molecule has 3 aromatic rings. The lowest BCUT2D eigenvalue weighted by atomic mass is 9.77. The van der Waals surface area contributed by atoms with Crippen molar-refractivity contribution in [3.63, 3.8) is 0 Å². The number of likely N-dealkylation sites (tertiary alicyclic amines) is 1. The van der Waals surface area contributed by atoms with Crippen molar-refractivity contribution in [2.24, 2.45) is 4.99 Å². The van der Waals surface area contributed by atoms with Gasteiger partial charge in [0.25, 0.3) is 0 Å². The molecule has 0 spiro atoms. The number of hydrogen-bond donors (Lipinski definition) is 1. The van der Waals surface area contributed by atoms with Crippen LogP contribution in [0.2, 0.25) is 0 Å². The normalized spacial score (nSPS) is 20.6. The van der Waals surface area contributed by atoms with Gasteiger partial charge < -0.3 is 10.2 Å². The van der Waals surface area contributed by atoms with E-state index in [-0.39, 0.29) is 11.6 Å². The van der Waals surface area contributed by atoms with Crippen molar-refractivity contribution < 1.29 is 8.78 Å². The molecule has 6 nitrogen and oxygen atoms in total. The maximum Gasteiger partial charge on any atom is 0.229 e. The third-order valence-electron chi connectivity index (χ3n) is 7.68. The molecule has 2 aliphatic heterocycles. The highest BCUT2D eigenvalue weighted by molar-refractivity contribution is 6.00. The molecule has 0 saturated carbocycles. The van der Waals surface area contributed by atoms with Crippen LogP contribution in [0.5, 0.6) is 0 Å². The number of rotatable bonds is 5. The van der Waals surface area contributed by atoms with Crippen molar-refractivity contribution in [1.82, 2.24) is 19.9 Å². The molecule has 2 aromatic heterocycles. The molecular weight excluding hydrogens is 446 g/mol. The van der Waals surface area contributed by atoms with Crippen molar-refractivity contribution in [1.29, 1.82) is 0 Å². The number of halogens is 2. The number of fused-ring (bicyclic) bond motifs is 1. The quantitative estimate of drug-likeness (QED) is 0.479. The molecule has 0 aliphatic carbocycles. The van der Waals surface area contributed by atoms with Gasteiger partial charge in [0, 0.05) is 22.9 Å². The van der Waals surface area contributed by atoms with Gasteiger partial charge in [-0.1, -0.05) is 19.9 Å². The van der Waals surface area contributed by atoms with Crippen LogP contribution in [-0.4, -0.2) is 45.7 Å². The zero-order valence-electron chi connectivity index (χ0n) is 20.6. The first-order chi connectivity index (χ1) is 16.8. The van der Waals surface area contributed by atoms with Crippen molar-refractivity contribution >= 4 is 23.2 Å². The summed E-state index contributed by atoms with van der Waals surface area (Å²) in [6.07, 6.45) is 5.98. The van der Waals surface area contributed by atoms with Crippen LogP contribution >= 0.6 is 0 Å². The minimum Gasteiger partial charge on any atom is -0.309 e. The van der Waals surface area contributed by atoms with Crippen LogP contribution in [0.15, 0.2) is 41.7 Å². The molecular formula is C27H30F2N6. The van der Waals surface area contributed by atoms with Crippen molar-refractivity contribution in [2.45, 2.75) is 51.4 Å². The van der Waals surface area contributed by atoms with Gasteiger partial charge >= 0.3 is 0 Å². The maximum absolute atomic E-state index is 15.0. The Hall–Kier alpha value is -3.26. The highest BCUT2D eigenvalue weighted by atomic mass is 19.1. The van der Waals surface area contributed by atoms with Gasteiger partial charge in [0.15, 0.2) is 5.82 Å². The highest BCUT2D eigenvalue weighted by Crippen LogP contribution is 2.45. The lowest BCUT2D eigenvalue weighted by Crippen LogP contribution is -2.29. The summed E-state index contributed by atoms with van der Waals surface area (Å²) in [6.45, 7) is 8.15. The van der Waals surface area contributed by atoms with Crippen molar-refractivity contribution in [3.8, 4) is 11.3 Å². The molecule has 1 N–H and O–H groups in total. The van der Waals surface area contributed by atoms with Crippen LogP contribution in [0, 0.1) is 11.6 Å². The number of piperidine rings is 1. The Morgan fingerprint density at radius 2 is 1.86 bits per heavy atom. The number of pyridine rings is 1. The summed E-state index contributed by atoms with van der Waals surface area (Å²) in [6, 6.07) is 7.05. The summed E-state index contributed by atoms with van der Waals surface area (Å²) in [5.41, 5.74) is 3.16. The topological polar surface area (TPSA) is 66.3 Å². The number of hydrogen-bond acceptors (Lipinski definition) is 6. The number of anilines is 2. The Morgan fingerprint density at radius 1 is 1.09 bits per heavy atom. The summed E-state index contributed by atoms with van der Waals surface area (Å²) >= 11 is 0. The van der Waals surface area contributed by atoms with Crippen molar-refractivity contribution in [3.05, 3.63) is 59.4 Å². The van der Waals surface area contributed by atoms with Gasteiger partial charge in [-0.25, -0.2) is 23.7 Å². The average molecular weight is 477 g/mol. The molecule has 0 amide bonds. The van der Waals surface area contributed by atoms with Gasteiger partial charge in [0.1, 0.15) is 23.0 Å². The first-order valence-corrected chi connectivity index (χ1v) is 12.1. The zero-order valence-corrected chi connectivity index (χ0v) is 20.6. The number of aliphatic imine (C=N–C) groups is 1. The summed E-state index contributed by atoms with van der Waals surface area (Å²) in [4.78, 5) is 19.7. The Morgan fingerprint density at radius 3 is 2.54 bits per heavy atom. The molecule has 1 unspecified atom stereocenters. The fourth-order valence-corrected chi connectivity index (χ4v) is 5.01. The van der Waals surface area contributed by atoms with E-state index < -0.39 is 17.0 Å². The van der Waals surface area contributed by atoms with Gasteiger partial charge in [0.05, 0.1) is 6.20 Å². The fraction of sp³-hybridized carbons (Fsp3) is 0.407. The van der Waals surface area contributed by atoms with Crippen LogP contribution in [0.25, 0.3) is 11.3 Å². The van der Waals surface area contributed by atoms with E-state index >= 15 is 0 Å². The SMILES string of the molecule is CCC1(C)C(C)=Nc2c(F)cc(-c3nc(Nc4ccc(C5CCN(C)CC5)cn4)ncc3F)cc21. The zero-order chi connectivity index (χ0) is 24.7. The van der Waals surface area contributed by atoms with E-state index in [1.54, 1.807) is 6.07 Å². The molecule has 2 aliphatic rings. The molecule has 1 saturated heterocycles. The number of benzene rings is 1. The number of nitrogens with zero attached hydrogens (tertiary/aromatic N) is 5. The van der Waals surface area contributed by atoms with Gasteiger partial charge in [-0.2, -0.15) is 0 Å². The molecule has 1 atom stereocenters. The fourth-order valence-electron chi connectivity index (χ4n) is 5.01. The first kappa shape index (κ1) is 23.5. The second-order valence-corrected chi connectivity index (χ2v) is 9.81. The molecule has 182 valence electrons. The summed E-state index contributed by atoms with van der Waals surface area (Å²) < 4.78 is 29.8. The second kappa shape index (κ2) is 9.07. The minimum absolute atomic E-state index is 0.0372. The Labute approximate surface area is 204 Å². The van der Waals surface area contributed by atoms with Crippen LogP contribution in [0.1, 0.15) is 57.1 Å². The average Bonchev–Trinajstić information content (AvgIpc) is 3.12. The van der Waals surface area contributed by atoms with E-state index in [0.29, 0.717) is 23.0 Å². The monoisotopic (exact) mass is 476 g/mol. The number of nitrogens with one attached hydrogen (secondary N) is 1. The maximum atomic E-state index is 15.0. The van der Waals surface area contributed by atoms with E-state index in [0.717, 1.165) is 49.8 Å². The molecule has 0 radical (unpaired) electrons. The van der Waals surface area contributed by atoms with E-state index in [1.807, 2.05) is 33.0 Å². The minimum atomic E-state index is -0.616. The van der Waals surface area contributed by atoms with E-state index in [1.165, 1.54) is 11.6 Å². The molecule has 0 bridgehead atoms. The van der Waals surface area contributed by atoms with Gasteiger partial charge in [-0.3, -0.25) is 4.99 Å². The summed E-state index contributed by atoms with van der Waals surface area (Å²) in [5.74, 6) is 0.189. The molecule has 5 rings (SSSR count). The number of aromatic nitrogens is 3. The van der Waals surface area contributed by atoms with E-state index in [9.17, 15) is 8.78 Å². The Kier molecular flexibility index (Phi) is 6.09.